The molecule has 0 aliphatic rings. The first-order chi connectivity index (χ1) is 3.85. The van der Waals surface area contributed by atoms with E-state index in [9.17, 15) is 0 Å². The molecule has 0 aromatic rings. The lowest BCUT2D eigenvalue weighted by Crippen LogP contribution is -2.20. The highest BCUT2D eigenvalue weighted by Gasteiger charge is 1.91. The van der Waals surface area contributed by atoms with Gasteiger partial charge in [-0.3, -0.25) is 0 Å². The largest absolute Gasteiger partial charge is 0.314 e. The normalized spacial score (nSPS) is 14.9. The lowest BCUT2D eigenvalue weighted by Gasteiger charge is -2.05. The standard InChI is InChI=1S/C7H15N/c1-4-6-7(5-2)8-3/h4,6-8H,5H2,1-3H3/b6-4-. The Balaban J connectivity index is 3.36. The van der Waals surface area contributed by atoms with Crippen molar-refractivity contribution in [3.05, 3.63) is 12.2 Å². The van der Waals surface area contributed by atoms with E-state index in [4.69, 9.17) is 0 Å². The Morgan fingerprint density at radius 3 is 2.38 bits per heavy atom. The van der Waals surface area contributed by atoms with Crippen molar-refractivity contribution >= 4 is 0 Å². The lowest BCUT2D eigenvalue weighted by molar-refractivity contribution is 0.647. The summed E-state index contributed by atoms with van der Waals surface area (Å²) in [4.78, 5) is 0. The van der Waals surface area contributed by atoms with Crippen LogP contribution in [0.2, 0.25) is 0 Å². The number of nitrogens with one attached hydrogen (secondary N) is 1. The minimum absolute atomic E-state index is 0.569. The number of likely N-dealkylation sites (N-methyl/N-ethyl adjacent to an activating group) is 1. The van der Waals surface area contributed by atoms with Crippen LogP contribution < -0.4 is 5.32 Å². The van der Waals surface area contributed by atoms with E-state index in [1.807, 2.05) is 14.0 Å². The Morgan fingerprint density at radius 1 is 1.62 bits per heavy atom. The van der Waals surface area contributed by atoms with Crippen molar-refractivity contribution in [2.75, 3.05) is 7.05 Å². The average molecular weight is 113 g/mol. The summed E-state index contributed by atoms with van der Waals surface area (Å²) in [5, 5.41) is 3.17. The first-order valence-electron chi connectivity index (χ1n) is 3.15. The van der Waals surface area contributed by atoms with E-state index in [0.29, 0.717) is 6.04 Å². The van der Waals surface area contributed by atoms with E-state index < -0.39 is 0 Å². The zero-order chi connectivity index (χ0) is 6.41. The summed E-state index contributed by atoms with van der Waals surface area (Å²) >= 11 is 0. The van der Waals surface area contributed by atoms with Gasteiger partial charge in [0.25, 0.3) is 0 Å². The summed E-state index contributed by atoms with van der Waals surface area (Å²) in [7, 11) is 1.98. The summed E-state index contributed by atoms with van der Waals surface area (Å²) in [5.41, 5.74) is 0. The van der Waals surface area contributed by atoms with Gasteiger partial charge in [-0.05, 0) is 20.4 Å². The Morgan fingerprint density at radius 2 is 2.25 bits per heavy atom. The third kappa shape index (κ3) is 2.80. The number of hydrogen-bond acceptors (Lipinski definition) is 1. The molecule has 0 spiro atoms. The van der Waals surface area contributed by atoms with Crippen molar-refractivity contribution in [1.82, 2.24) is 5.32 Å². The Bertz CT molecular complexity index is 62.8. The minimum atomic E-state index is 0.569. The molecule has 0 rings (SSSR count). The third-order valence-electron chi connectivity index (χ3n) is 1.24. The van der Waals surface area contributed by atoms with E-state index in [2.05, 4.69) is 24.4 Å². The topological polar surface area (TPSA) is 12.0 Å². The van der Waals surface area contributed by atoms with Crippen molar-refractivity contribution in [2.24, 2.45) is 0 Å². The van der Waals surface area contributed by atoms with Crippen LogP contribution in [0.25, 0.3) is 0 Å². The summed E-state index contributed by atoms with van der Waals surface area (Å²) in [6, 6.07) is 0.569. The van der Waals surface area contributed by atoms with Crippen molar-refractivity contribution in [2.45, 2.75) is 26.3 Å². The molecule has 8 heavy (non-hydrogen) atoms. The second kappa shape index (κ2) is 4.85. The van der Waals surface area contributed by atoms with Crippen molar-refractivity contribution in [1.29, 1.82) is 0 Å². The molecule has 0 aliphatic carbocycles. The molecule has 1 unspecified atom stereocenters. The highest BCUT2D eigenvalue weighted by molar-refractivity contribution is 4.88. The molecular formula is C7H15N. The maximum atomic E-state index is 3.17. The zero-order valence-electron chi connectivity index (χ0n) is 5.94. The number of hydrogen-bond donors (Lipinski definition) is 1. The molecule has 0 radical (unpaired) electrons. The van der Waals surface area contributed by atoms with Gasteiger partial charge in [-0.1, -0.05) is 19.1 Å². The molecule has 0 saturated heterocycles. The van der Waals surface area contributed by atoms with Gasteiger partial charge in [-0.15, -0.1) is 0 Å². The lowest BCUT2D eigenvalue weighted by atomic mass is 10.2. The minimum Gasteiger partial charge on any atom is -0.314 e. The molecule has 1 N–H and O–H groups in total. The van der Waals surface area contributed by atoms with Crippen LogP contribution in [0.15, 0.2) is 12.2 Å². The van der Waals surface area contributed by atoms with Gasteiger partial charge in [-0.25, -0.2) is 0 Å². The summed E-state index contributed by atoms with van der Waals surface area (Å²) in [6.07, 6.45) is 5.41. The predicted octanol–water partition coefficient (Wildman–Crippen LogP) is 1.56. The van der Waals surface area contributed by atoms with E-state index in [0.717, 1.165) is 0 Å². The predicted molar refractivity (Wildman–Crippen MR) is 38.0 cm³/mol. The van der Waals surface area contributed by atoms with Gasteiger partial charge in [0.15, 0.2) is 0 Å². The van der Waals surface area contributed by atoms with Crippen LogP contribution in [0.3, 0.4) is 0 Å². The summed E-state index contributed by atoms with van der Waals surface area (Å²) in [5.74, 6) is 0. The summed E-state index contributed by atoms with van der Waals surface area (Å²) in [6.45, 7) is 4.21. The maximum absolute atomic E-state index is 3.17. The first kappa shape index (κ1) is 7.70. The highest BCUT2D eigenvalue weighted by Crippen LogP contribution is 1.89. The quantitative estimate of drug-likeness (QED) is 0.548. The second-order valence-electron chi connectivity index (χ2n) is 1.83. The number of rotatable bonds is 3. The monoisotopic (exact) mass is 113 g/mol. The van der Waals surface area contributed by atoms with Crippen LogP contribution in [-0.2, 0) is 0 Å². The molecular weight excluding hydrogens is 98.1 g/mol. The SMILES string of the molecule is C/C=C\C(CC)NC. The Labute approximate surface area is 51.8 Å². The van der Waals surface area contributed by atoms with E-state index in [1.165, 1.54) is 6.42 Å². The maximum Gasteiger partial charge on any atom is 0.0244 e. The van der Waals surface area contributed by atoms with Crippen LogP contribution >= 0.6 is 0 Å². The molecule has 48 valence electrons. The van der Waals surface area contributed by atoms with Crippen molar-refractivity contribution in [3.8, 4) is 0 Å². The third-order valence-corrected chi connectivity index (χ3v) is 1.24. The van der Waals surface area contributed by atoms with Gasteiger partial charge in [0.05, 0.1) is 0 Å². The molecule has 1 atom stereocenters. The van der Waals surface area contributed by atoms with Crippen LogP contribution in [0.5, 0.6) is 0 Å². The van der Waals surface area contributed by atoms with Crippen LogP contribution in [-0.4, -0.2) is 13.1 Å². The van der Waals surface area contributed by atoms with Crippen molar-refractivity contribution in [3.63, 3.8) is 0 Å². The van der Waals surface area contributed by atoms with E-state index in [-0.39, 0.29) is 0 Å². The van der Waals surface area contributed by atoms with Crippen LogP contribution in [0, 0.1) is 0 Å². The Kier molecular flexibility index (Phi) is 4.67. The van der Waals surface area contributed by atoms with Gasteiger partial charge in [0.1, 0.15) is 0 Å². The van der Waals surface area contributed by atoms with E-state index in [1.54, 1.807) is 0 Å². The average Bonchev–Trinajstić information content (AvgIpc) is 1.83. The molecule has 0 bridgehead atoms. The molecule has 0 heterocycles. The van der Waals surface area contributed by atoms with Crippen molar-refractivity contribution < 1.29 is 0 Å². The van der Waals surface area contributed by atoms with Gasteiger partial charge in [0.2, 0.25) is 0 Å². The fraction of sp³-hybridized carbons (Fsp3) is 0.714. The van der Waals surface area contributed by atoms with Crippen LogP contribution in [0.4, 0.5) is 0 Å². The molecule has 0 aliphatic heterocycles. The molecule has 0 aromatic heterocycles. The fourth-order valence-corrected chi connectivity index (χ4v) is 0.669. The molecule has 0 fully saturated rings. The molecule has 1 nitrogen and oxygen atoms in total. The van der Waals surface area contributed by atoms with Crippen LogP contribution in [0.1, 0.15) is 20.3 Å². The van der Waals surface area contributed by atoms with E-state index >= 15 is 0 Å². The van der Waals surface area contributed by atoms with Gasteiger partial charge in [0, 0.05) is 6.04 Å². The first-order valence-corrected chi connectivity index (χ1v) is 3.15. The van der Waals surface area contributed by atoms with Gasteiger partial charge < -0.3 is 5.32 Å². The highest BCUT2D eigenvalue weighted by atomic mass is 14.8. The zero-order valence-corrected chi connectivity index (χ0v) is 5.94. The molecule has 0 saturated carbocycles. The molecule has 0 aromatic carbocycles. The number of allylic oxidation sites excluding steroid dienone is 1. The van der Waals surface area contributed by atoms with Gasteiger partial charge in [-0.2, -0.15) is 0 Å². The molecule has 1 heteroatoms. The fourth-order valence-electron chi connectivity index (χ4n) is 0.669. The van der Waals surface area contributed by atoms with Gasteiger partial charge >= 0.3 is 0 Å². The second-order valence-corrected chi connectivity index (χ2v) is 1.83. The smallest absolute Gasteiger partial charge is 0.0244 e. The summed E-state index contributed by atoms with van der Waals surface area (Å²) < 4.78 is 0. The molecule has 0 amide bonds. The Hall–Kier alpha value is -0.300.